The van der Waals surface area contributed by atoms with Crippen molar-refractivity contribution in [2.24, 2.45) is 0 Å². The maximum Gasteiger partial charge on any atom is 0.262 e. The zero-order valence-electron chi connectivity index (χ0n) is 12.5. The summed E-state index contributed by atoms with van der Waals surface area (Å²) < 4.78 is 5.43. The molecule has 5 heteroatoms. The number of aliphatic hydroxyl groups is 1. The average molecular weight is 320 g/mol. The van der Waals surface area contributed by atoms with Crippen LogP contribution in [0.25, 0.3) is 0 Å². The first kappa shape index (κ1) is 16.3. The van der Waals surface area contributed by atoms with Crippen LogP contribution in [0.15, 0.2) is 42.5 Å². The predicted octanol–water partition coefficient (Wildman–Crippen LogP) is 3.72. The highest BCUT2D eigenvalue weighted by atomic mass is 35.5. The topological polar surface area (TPSA) is 58.6 Å². The SMILES string of the molecule is Cc1ccc(NC(=O)COc2cccc(C(C)O)c2)c(Cl)c1. The van der Waals surface area contributed by atoms with Gasteiger partial charge in [0.1, 0.15) is 5.75 Å². The molecule has 0 heterocycles. The van der Waals surface area contributed by atoms with Gasteiger partial charge in [0.15, 0.2) is 6.61 Å². The molecule has 116 valence electrons. The molecule has 1 unspecified atom stereocenters. The van der Waals surface area contributed by atoms with E-state index in [1.54, 1.807) is 43.3 Å². The van der Waals surface area contributed by atoms with Crippen molar-refractivity contribution in [3.8, 4) is 5.75 Å². The molecule has 0 aliphatic rings. The van der Waals surface area contributed by atoms with Crippen LogP contribution in [0.2, 0.25) is 5.02 Å². The lowest BCUT2D eigenvalue weighted by molar-refractivity contribution is -0.118. The molecular formula is C17H18ClNO3. The van der Waals surface area contributed by atoms with E-state index in [9.17, 15) is 9.90 Å². The highest BCUT2D eigenvalue weighted by Gasteiger charge is 2.08. The van der Waals surface area contributed by atoms with Crippen molar-refractivity contribution in [2.75, 3.05) is 11.9 Å². The van der Waals surface area contributed by atoms with Crippen LogP contribution in [0, 0.1) is 6.92 Å². The second-order valence-corrected chi connectivity index (χ2v) is 5.48. The van der Waals surface area contributed by atoms with E-state index in [1.807, 2.05) is 13.0 Å². The van der Waals surface area contributed by atoms with Gasteiger partial charge in [-0.1, -0.05) is 29.8 Å². The summed E-state index contributed by atoms with van der Waals surface area (Å²) in [7, 11) is 0. The van der Waals surface area contributed by atoms with E-state index in [4.69, 9.17) is 16.3 Å². The van der Waals surface area contributed by atoms with Gasteiger partial charge in [-0.05, 0) is 49.2 Å². The maximum atomic E-state index is 11.9. The number of ether oxygens (including phenoxy) is 1. The summed E-state index contributed by atoms with van der Waals surface area (Å²) in [5, 5.41) is 12.7. The molecule has 2 aromatic rings. The Morgan fingerprint density at radius 1 is 1.32 bits per heavy atom. The normalized spacial score (nSPS) is 11.8. The van der Waals surface area contributed by atoms with E-state index in [1.165, 1.54) is 0 Å². The van der Waals surface area contributed by atoms with Gasteiger partial charge >= 0.3 is 0 Å². The summed E-state index contributed by atoms with van der Waals surface area (Å²) in [5.41, 5.74) is 2.31. The molecule has 1 atom stereocenters. The lowest BCUT2D eigenvalue weighted by Crippen LogP contribution is -2.20. The zero-order chi connectivity index (χ0) is 16.1. The average Bonchev–Trinajstić information content (AvgIpc) is 2.48. The summed E-state index contributed by atoms with van der Waals surface area (Å²) in [4.78, 5) is 11.9. The van der Waals surface area contributed by atoms with Crippen LogP contribution in [-0.2, 0) is 4.79 Å². The molecule has 0 aromatic heterocycles. The van der Waals surface area contributed by atoms with Gasteiger partial charge in [-0.3, -0.25) is 4.79 Å². The van der Waals surface area contributed by atoms with Gasteiger partial charge in [-0.25, -0.2) is 0 Å². The van der Waals surface area contributed by atoms with Crippen LogP contribution in [0.5, 0.6) is 5.75 Å². The maximum absolute atomic E-state index is 11.9. The molecule has 0 saturated heterocycles. The van der Waals surface area contributed by atoms with Crippen molar-refractivity contribution in [1.29, 1.82) is 0 Å². The Morgan fingerprint density at radius 2 is 2.09 bits per heavy atom. The Balaban J connectivity index is 1.94. The summed E-state index contributed by atoms with van der Waals surface area (Å²) in [6.07, 6.45) is -0.580. The van der Waals surface area contributed by atoms with Gasteiger partial charge < -0.3 is 15.2 Å². The van der Waals surface area contributed by atoms with E-state index in [-0.39, 0.29) is 12.5 Å². The number of rotatable bonds is 5. The van der Waals surface area contributed by atoms with E-state index in [2.05, 4.69) is 5.32 Å². The standard InChI is InChI=1S/C17H18ClNO3/c1-11-6-7-16(15(18)8-11)19-17(21)10-22-14-5-3-4-13(9-14)12(2)20/h3-9,12,20H,10H2,1-2H3,(H,19,21). The van der Waals surface area contributed by atoms with Crippen molar-refractivity contribution in [3.63, 3.8) is 0 Å². The molecule has 2 aromatic carbocycles. The third-order valence-electron chi connectivity index (χ3n) is 3.11. The molecule has 0 bridgehead atoms. The second kappa shape index (κ2) is 7.29. The number of aryl methyl sites for hydroxylation is 1. The third-order valence-corrected chi connectivity index (χ3v) is 3.42. The Morgan fingerprint density at radius 3 is 2.77 bits per heavy atom. The minimum atomic E-state index is -0.580. The number of carbonyl (C=O) groups is 1. The van der Waals surface area contributed by atoms with Crippen LogP contribution in [0.1, 0.15) is 24.2 Å². The van der Waals surface area contributed by atoms with E-state index >= 15 is 0 Å². The molecule has 0 spiro atoms. The van der Waals surface area contributed by atoms with Crippen LogP contribution in [0.4, 0.5) is 5.69 Å². The zero-order valence-corrected chi connectivity index (χ0v) is 13.2. The number of carbonyl (C=O) groups excluding carboxylic acids is 1. The lowest BCUT2D eigenvalue weighted by atomic mass is 10.1. The predicted molar refractivity (Wildman–Crippen MR) is 87.4 cm³/mol. The molecule has 2 N–H and O–H groups in total. The van der Waals surface area contributed by atoms with Gasteiger partial charge in [0.25, 0.3) is 5.91 Å². The molecule has 0 fully saturated rings. The van der Waals surface area contributed by atoms with E-state index in [0.717, 1.165) is 11.1 Å². The molecular weight excluding hydrogens is 302 g/mol. The van der Waals surface area contributed by atoms with Gasteiger partial charge in [-0.2, -0.15) is 0 Å². The third kappa shape index (κ3) is 4.48. The van der Waals surface area contributed by atoms with Gasteiger partial charge in [-0.15, -0.1) is 0 Å². The minimum Gasteiger partial charge on any atom is -0.484 e. The Labute approximate surface area is 134 Å². The fourth-order valence-corrected chi connectivity index (χ4v) is 2.20. The fraction of sp³-hybridized carbons (Fsp3) is 0.235. The number of anilines is 1. The van der Waals surface area contributed by atoms with Crippen LogP contribution in [-0.4, -0.2) is 17.6 Å². The molecule has 0 saturated carbocycles. The molecule has 0 aliphatic heterocycles. The number of benzene rings is 2. The summed E-state index contributed by atoms with van der Waals surface area (Å²) in [6, 6.07) is 12.4. The monoisotopic (exact) mass is 319 g/mol. The van der Waals surface area contributed by atoms with Crippen molar-refractivity contribution < 1.29 is 14.6 Å². The van der Waals surface area contributed by atoms with Crippen LogP contribution >= 0.6 is 11.6 Å². The van der Waals surface area contributed by atoms with Crippen molar-refractivity contribution in [3.05, 3.63) is 58.6 Å². The number of hydrogen-bond acceptors (Lipinski definition) is 3. The van der Waals surface area contributed by atoms with E-state index < -0.39 is 6.10 Å². The summed E-state index contributed by atoms with van der Waals surface area (Å²) in [6.45, 7) is 3.47. The van der Waals surface area contributed by atoms with Gasteiger partial charge in [0, 0.05) is 0 Å². The Kier molecular flexibility index (Phi) is 5.41. The number of hydrogen-bond donors (Lipinski definition) is 2. The second-order valence-electron chi connectivity index (χ2n) is 5.07. The quantitative estimate of drug-likeness (QED) is 0.883. The first-order valence-corrected chi connectivity index (χ1v) is 7.30. The number of nitrogens with one attached hydrogen (secondary N) is 1. The molecule has 2 rings (SSSR count). The van der Waals surface area contributed by atoms with Crippen molar-refractivity contribution in [1.82, 2.24) is 0 Å². The minimum absolute atomic E-state index is 0.131. The largest absolute Gasteiger partial charge is 0.484 e. The Hall–Kier alpha value is -2.04. The molecule has 4 nitrogen and oxygen atoms in total. The highest BCUT2D eigenvalue weighted by molar-refractivity contribution is 6.33. The first-order chi connectivity index (χ1) is 10.5. The smallest absolute Gasteiger partial charge is 0.262 e. The summed E-state index contributed by atoms with van der Waals surface area (Å²) in [5.74, 6) is 0.233. The van der Waals surface area contributed by atoms with E-state index in [0.29, 0.717) is 16.5 Å². The first-order valence-electron chi connectivity index (χ1n) is 6.92. The molecule has 22 heavy (non-hydrogen) atoms. The van der Waals surface area contributed by atoms with Crippen molar-refractivity contribution >= 4 is 23.2 Å². The van der Waals surface area contributed by atoms with Crippen molar-refractivity contribution in [2.45, 2.75) is 20.0 Å². The molecule has 0 aliphatic carbocycles. The van der Waals surface area contributed by atoms with Gasteiger partial charge in [0.05, 0.1) is 16.8 Å². The lowest BCUT2D eigenvalue weighted by Gasteiger charge is -2.11. The molecule has 0 radical (unpaired) electrons. The number of amides is 1. The number of halogens is 1. The number of aliphatic hydroxyl groups excluding tert-OH is 1. The van der Waals surface area contributed by atoms with Crippen LogP contribution in [0.3, 0.4) is 0 Å². The van der Waals surface area contributed by atoms with Crippen LogP contribution < -0.4 is 10.1 Å². The van der Waals surface area contributed by atoms with Gasteiger partial charge in [0.2, 0.25) is 0 Å². The Bertz CT molecular complexity index is 671. The fourth-order valence-electron chi connectivity index (χ4n) is 1.92. The molecule has 1 amide bonds. The highest BCUT2D eigenvalue weighted by Crippen LogP contribution is 2.23. The summed E-state index contributed by atoms with van der Waals surface area (Å²) >= 11 is 6.06.